The first-order valence-electron chi connectivity index (χ1n) is 3.24. The number of aliphatic imine (C=N–C) groups is 1. The van der Waals surface area contributed by atoms with Crippen molar-refractivity contribution in [1.82, 2.24) is 5.32 Å². The Morgan fingerprint density at radius 1 is 1.80 bits per heavy atom. The Labute approximate surface area is 65.5 Å². The molecule has 54 valence electrons. The lowest BCUT2D eigenvalue weighted by atomic mass is 10.7. The van der Waals surface area contributed by atoms with Crippen molar-refractivity contribution in [3.05, 3.63) is 0 Å². The summed E-state index contributed by atoms with van der Waals surface area (Å²) >= 11 is 1.67. The third-order valence-corrected chi connectivity index (χ3v) is 1.94. The van der Waals surface area contributed by atoms with Crippen LogP contribution in [0.2, 0.25) is 0 Å². The van der Waals surface area contributed by atoms with Gasteiger partial charge in [-0.1, -0.05) is 17.7 Å². The van der Waals surface area contributed by atoms with Crippen molar-refractivity contribution >= 4 is 16.9 Å². The van der Waals surface area contributed by atoms with Crippen molar-refractivity contribution in [1.29, 1.82) is 0 Å². The Morgan fingerprint density at radius 2 is 2.70 bits per heavy atom. The number of nitrogens with one attached hydrogen (secondary N) is 1. The van der Waals surface area contributed by atoms with Gasteiger partial charge in [-0.25, -0.2) is 0 Å². The lowest BCUT2D eigenvalue weighted by molar-refractivity contribution is 0.963. The predicted octanol–water partition coefficient (Wildman–Crippen LogP) is 0.702. The van der Waals surface area contributed by atoms with Gasteiger partial charge in [-0.2, -0.15) is 0 Å². The van der Waals surface area contributed by atoms with E-state index in [0.29, 0.717) is 0 Å². The van der Waals surface area contributed by atoms with E-state index in [9.17, 15) is 0 Å². The van der Waals surface area contributed by atoms with Gasteiger partial charge in [-0.15, -0.1) is 5.92 Å². The molecule has 0 saturated heterocycles. The molecule has 0 unspecified atom stereocenters. The maximum absolute atomic E-state index is 4.21. The fourth-order valence-electron chi connectivity index (χ4n) is 0.649. The minimum absolute atomic E-state index is 0.850. The summed E-state index contributed by atoms with van der Waals surface area (Å²) in [5.41, 5.74) is 0. The average molecular weight is 154 g/mol. The van der Waals surface area contributed by atoms with E-state index in [2.05, 4.69) is 22.2 Å². The highest BCUT2D eigenvalue weighted by Crippen LogP contribution is 2.03. The molecule has 0 amide bonds. The molecular formula is C7H10N2S. The smallest absolute Gasteiger partial charge is 0.157 e. The van der Waals surface area contributed by atoms with E-state index in [0.717, 1.165) is 24.0 Å². The first-order valence-corrected chi connectivity index (χ1v) is 4.23. The van der Waals surface area contributed by atoms with Crippen molar-refractivity contribution < 1.29 is 0 Å². The second kappa shape index (κ2) is 4.24. The molecule has 1 rings (SSSR count). The summed E-state index contributed by atoms with van der Waals surface area (Å²) in [5.74, 6) is 6.65. The number of amidine groups is 1. The van der Waals surface area contributed by atoms with Crippen LogP contribution in [-0.4, -0.2) is 24.0 Å². The van der Waals surface area contributed by atoms with Crippen molar-refractivity contribution in [3.63, 3.8) is 0 Å². The number of hydrogen-bond donors (Lipinski definition) is 1. The molecule has 0 saturated carbocycles. The molecule has 0 radical (unpaired) electrons. The maximum atomic E-state index is 4.21. The van der Waals surface area contributed by atoms with Crippen LogP contribution in [0.4, 0.5) is 0 Å². The Bertz CT molecular complexity index is 188. The van der Waals surface area contributed by atoms with Crippen LogP contribution in [0.1, 0.15) is 6.92 Å². The molecule has 0 fully saturated rings. The molecule has 1 heterocycles. The van der Waals surface area contributed by atoms with Crippen molar-refractivity contribution in [2.75, 3.05) is 18.8 Å². The van der Waals surface area contributed by atoms with Crippen LogP contribution < -0.4 is 5.32 Å². The van der Waals surface area contributed by atoms with Gasteiger partial charge in [0.05, 0.1) is 12.3 Å². The van der Waals surface area contributed by atoms with E-state index in [1.165, 1.54) is 0 Å². The van der Waals surface area contributed by atoms with Gasteiger partial charge in [0, 0.05) is 6.54 Å². The van der Waals surface area contributed by atoms with Crippen LogP contribution >= 0.6 is 11.8 Å². The summed E-state index contributed by atoms with van der Waals surface area (Å²) in [6.45, 7) is 3.76. The molecule has 0 spiro atoms. The zero-order valence-corrected chi connectivity index (χ0v) is 6.79. The number of rotatable bonds is 1. The fraction of sp³-hybridized carbons (Fsp3) is 0.571. The summed E-state index contributed by atoms with van der Waals surface area (Å²) in [5, 5.41) is 4.20. The Morgan fingerprint density at radius 3 is 3.30 bits per heavy atom. The lowest BCUT2D eigenvalue weighted by Gasteiger charge is -1.94. The van der Waals surface area contributed by atoms with Gasteiger partial charge in [0.1, 0.15) is 0 Å². The Kier molecular flexibility index (Phi) is 3.17. The molecule has 2 nitrogen and oxygen atoms in total. The summed E-state index contributed by atoms with van der Waals surface area (Å²) in [6.07, 6.45) is 0. The van der Waals surface area contributed by atoms with Gasteiger partial charge in [0.15, 0.2) is 5.17 Å². The number of nitrogens with zero attached hydrogens (tertiary/aromatic N) is 1. The normalized spacial score (nSPS) is 15.1. The van der Waals surface area contributed by atoms with Crippen LogP contribution in [0.5, 0.6) is 0 Å². The highest BCUT2D eigenvalue weighted by atomic mass is 32.2. The second-order valence-electron chi connectivity index (χ2n) is 1.83. The average Bonchev–Trinajstić information content (AvgIpc) is 2.41. The summed E-state index contributed by atoms with van der Waals surface area (Å²) in [4.78, 5) is 4.21. The molecular weight excluding hydrogens is 144 g/mol. The third kappa shape index (κ3) is 2.32. The molecule has 0 aliphatic carbocycles. The van der Waals surface area contributed by atoms with Crippen molar-refractivity contribution in [2.45, 2.75) is 6.92 Å². The van der Waals surface area contributed by atoms with Gasteiger partial charge < -0.3 is 5.32 Å². The molecule has 0 atom stereocenters. The molecule has 1 aliphatic rings. The van der Waals surface area contributed by atoms with Crippen LogP contribution in [0.3, 0.4) is 0 Å². The predicted molar refractivity (Wildman–Crippen MR) is 46.2 cm³/mol. The maximum Gasteiger partial charge on any atom is 0.157 e. The number of thioether (sulfide) groups is 1. The van der Waals surface area contributed by atoms with Crippen LogP contribution in [0.25, 0.3) is 0 Å². The summed E-state index contributed by atoms with van der Waals surface area (Å²) < 4.78 is 0. The van der Waals surface area contributed by atoms with E-state index in [1.54, 1.807) is 11.8 Å². The molecule has 0 bridgehead atoms. The van der Waals surface area contributed by atoms with E-state index in [4.69, 9.17) is 0 Å². The fourth-order valence-corrected chi connectivity index (χ4v) is 1.39. The SMILES string of the molecule is CC#CCSC1=NCCN1. The first-order chi connectivity index (χ1) is 4.93. The van der Waals surface area contributed by atoms with E-state index in [1.807, 2.05) is 6.92 Å². The zero-order chi connectivity index (χ0) is 7.23. The zero-order valence-electron chi connectivity index (χ0n) is 5.98. The molecule has 3 heteroatoms. The van der Waals surface area contributed by atoms with Gasteiger partial charge in [0.25, 0.3) is 0 Å². The Hall–Kier alpha value is -0.620. The van der Waals surface area contributed by atoms with E-state index in [-0.39, 0.29) is 0 Å². The minimum atomic E-state index is 0.850. The quantitative estimate of drug-likeness (QED) is 0.562. The molecule has 1 N–H and O–H groups in total. The molecule has 1 aliphatic heterocycles. The van der Waals surface area contributed by atoms with E-state index < -0.39 is 0 Å². The van der Waals surface area contributed by atoms with Crippen molar-refractivity contribution in [2.24, 2.45) is 4.99 Å². The molecule has 0 aromatic heterocycles. The van der Waals surface area contributed by atoms with Gasteiger partial charge in [-0.3, -0.25) is 4.99 Å². The number of hydrogen-bond acceptors (Lipinski definition) is 3. The highest BCUT2D eigenvalue weighted by Gasteiger charge is 2.02. The molecule has 10 heavy (non-hydrogen) atoms. The largest absolute Gasteiger partial charge is 0.363 e. The molecule has 0 aromatic rings. The third-order valence-electron chi connectivity index (χ3n) is 1.10. The van der Waals surface area contributed by atoms with E-state index >= 15 is 0 Å². The Balaban J connectivity index is 2.17. The molecule has 0 aromatic carbocycles. The minimum Gasteiger partial charge on any atom is -0.363 e. The highest BCUT2D eigenvalue weighted by molar-refractivity contribution is 8.14. The monoisotopic (exact) mass is 154 g/mol. The lowest BCUT2D eigenvalue weighted by Crippen LogP contribution is -2.15. The summed E-state index contributed by atoms with van der Waals surface area (Å²) in [6, 6.07) is 0. The summed E-state index contributed by atoms with van der Waals surface area (Å²) in [7, 11) is 0. The topological polar surface area (TPSA) is 24.4 Å². The van der Waals surface area contributed by atoms with Crippen molar-refractivity contribution in [3.8, 4) is 11.8 Å². The van der Waals surface area contributed by atoms with Gasteiger partial charge >= 0.3 is 0 Å². The second-order valence-corrected chi connectivity index (χ2v) is 2.79. The first kappa shape index (κ1) is 7.49. The van der Waals surface area contributed by atoms with Gasteiger partial charge in [-0.05, 0) is 6.92 Å². The van der Waals surface area contributed by atoms with Crippen LogP contribution in [0, 0.1) is 11.8 Å². The van der Waals surface area contributed by atoms with Crippen LogP contribution in [-0.2, 0) is 0 Å². The van der Waals surface area contributed by atoms with Gasteiger partial charge in [0.2, 0.25) is 0 Å². The van der Waals surface area contributed by atoms with Crippen LogP contribution in [0.15, 0.2) is 4.99 Å². The standard InChI is InChI=1S/C7H10N2S/c1-2-3-6-10-7-8-4-5-9-7/h4-6H2,1H3,(H,8,9).